The summed E-state index contributed by atoms with van der Waals surface area (Å²) in [5.41, 5.74) is 3.58. The molecule has 2 fully saturated rings. The topological polar surface area (TPSA) is 129 Å². The van der Waals surface area contributed by atoms with E-state index in [1.165, 1.54) is 0 Å². The van der Waals surface area contributed by atoms with Crippen LogP contribution in [0.25, 0.3) is 0 Å². The Morgan fingerprint density at radius 2 is 1.52 bits per heavy atom. The van der Waals surface area contributed by atoms with Gasteiger partial charge in [-0.2, -0.15) is 0 Å². The zero-order valence-corrected chi connectivity index (χ0v) is 25.3. The first kappa shape index (κ1) is 32.1. The molecule has 10 heteroatoms. The van der Waals surface area contributed by atoms with Crippen molar-refractivity contribution in [2.45, 2.75) is 69.4 Å². The minimum atomic E-state index is -1.00. The number of halogens is 1. The first-order chi connectivity index (χ1) is 21.2. The highest BCUT2D eigenvalue weighted by atomic mass is 35.5. The van der Waals surface area contributed by atoms with Crippen LogP contribution in [0.1, 0.15) is 72.3 Å². The standard InChI is InChI=1S/C34H39ClN2O7/c35-28-11-9-27(10-12-28)34(42)15-17-37(18-16-34)21-29-19-30(25-5-3-24(22-38)4-6-25)44-33(43-29)26-7-1-23(2-8-26)20-36-31(39)13-14-32(40)41/h1-12,29-30,33,38,42H,13-22H2,(H,36,39)(H,40,41). The lowest BCUT2D eigenvalue weighted by molar-refractivity contribution is -0.253. The van der Waals surface area contributed by atoms with E-state index in [4.69, 9.17) is 26.2 Å². The number of likely N-dealkylation sites (tertiary alicyclic amines) is 1. The first-order valence-electron chi connectivity index (χ1n) is 15.0. The Morgan fingerprint density at radius 1 is 0.886 bits per heavy atom. The van der Waals surface area contributed by atoms with Crippen molar-refractivity contribution in [3.05, 3.63) is 106 Å². The monoisotopic (exact) mass is 622 g/mol. The molecule has 0 aromatic heterocycles. The molecule has 0 spiro atoms. The van der Waals surface area contributed by atoms with Gasteiger partial charge in [-0.15, -0.1) is 0 Å². The van der Waals surface area contributed by atoms with E-state index < -0.39 is 17.9 Å². The van der Waals surface area contributed by atoms with E-state index in [0.29, 0.717) is 37.4 Å². The normalized spacial score (nSPS) is 21.9. The highest BCUT2D eigenvalue weighted by molar-refractivity contribution is 6.30. The van der Waals surface area contributed by atoms with Gasteiger partial charge in [-0.25, -0.2) is 0 Å². The summed E-state index contributed by atoms with van der Waals surface area (Å²) < 4.78 is 13.0. The predicted octanol–water partition coefficient (Wildman–Crippen LogP) is 4.84. The third-order valence-electron chi connectivity index (χ3n) is 8.45. The van der Waals surface area contributed by atoms with E-state index in [2.05, 4.69) is 10.2 Å². The SMILES string of the molecule is O=C(O)CCC(=O)NCc1ccc(C2OC(CN3CCC(O)(c4ccc(Cl)cc4)CC3)CC(c3ccc(CO)cc3)O2)cc1. The Hall–Kier alpha value is -3.31. The van der Waals surface area contributed by atoms with E-state index in [-0.39, 0.29) is 37.6 Å². The van der Waals surface area contributed by atoms with Gasteiger partial charge in [0.05, 0.1) is 30.8 Å². The van der Waals surface area contributed by atoms with Crippen molar-refractivity contribution < 1.29 is 34.4 Å². The number of hydrogen-bond donors (Lipinski definition) is 4. The lowest BCUT2D eigenvalue weighted by Crippen LogP contribution is -2.46. The largest absolute Gasteiger partial charge is 0.481 e. The van der Waals surface area contributed by atoms with Gasteiger partial charge in [0.1, 0.15) is 0 Å². The summed E-state index contributed by atoms with van der Waals surface area (Å²) in [6.45, 7) is 2.43. The van der Waals surface area contributed by atoms with Crippen LogP contribution in [0.3, 0.4) is 0 Å². The average molecular weight is 623 g/mol. The minimum Gasteiger partial charge on any atom is -0.481 e. The number of ether oxygens (including phenoxy) is 2. The van der Waals surface area contributed by atoms with Gasteiger partial charge in [0.15, 0.2) is 6.29 Å². The van der Waals surface area contributed by atoms with Crippen molar-refractivity contribution in [1.29, 1.82) is 0 Å². The van der Waals surface area contributed by atoms with Gasteiger partial charge in [0.25, 0.3) is 0 Å². The molecule has 0 saturated carbocycles. The summed E-state index contributed by atoms with van der Waals surface area (Å²) in [7, 11) is 0. The summed E-state index contributed by atoms with van der Waals surface area (Å²) in [6.07, 6.45) is 0.688. The Kier molecular flexibility index (Phi) is 10.7. The van der Waals surface area contributed by atoms with Crippen molar-refractivity contribution in [2.75, 3.05) is 19.6 Å². The molecule has 9 nitrogen and oxygen atoms in total. The van der Waals surface area contributed by atoms with E-state index in [9.17, 15) is 19.8 Å². The highest BCUT2D eigenvalue weighted by Gasteiger charge is 2.37. The molecule has 1 amide bonds. The van der Waals surface area contributed by atoms with Crippen LogP contribution in [0.15, 0.2) is 72.8 Å². The first-order valence-corrected chi connectivity index (χ1v) is 15.4. The number of carbonyl (C=O) groups excluding carboxylic acids is 1. The van der Waals surface area contributed by atoms with Gasteiger partial charge < -0.3 is 35.0 Å². The predicted molar refractivity (Wildman–Crippen MR) is 165 cm³/mol. The van der Waals surface area contributed by atoms with Gasteiger partial charge in [-0.3, -0.25) is 9.59 Å². The molecule has 2 aliphatic heterocycles. The summed E-state index contributed by atoms with van der Waals surface area (Å²) in [5, 5.41) is 33.0. The number of carbonyl (C=O) groups is 2. The van der Waals surface area contributed by atoms with Crippen LogP contribution < -0.4 is 5.32 Å². The van der Waals surface area contributed by atoms with Gasteiger partial charge in [-0.05, 0) is 47.2 Å². The summed E-state index contributed by atoms with van der Waals surface area (Å²) >= 11 is 6.05. The number of carboxylic acids is 1. The number of aliphatic carboxylic acids is 1. The maximum Gasteiger partial charge on any atom is 0.303 e. The molecule has 44 heavy (non-hydrogen) atoms. The van der Waals surface area contributed by atoms with Crippen LogP contribution in [0.2, 0.25) is 5.02 Å². The molecule has 3 aromatic carbocycles. The zero-order valence-electron chi connectivity index (χ0n) is 24.5. The highest BCUT2D eigenvalue weighted by Crippen LogP contribution is 2.39. The zero-order chi connectivity index (χ0) is 31.1. The van der Waals surface area contributed by atoms with Crippen molar-refractivity contribution in [3.8, 4) is 0 Å². The Labute approximate surface area is 262 Å². The van der Waals surface area contributed by atoms with Crippen LogP contribution >= 0.6 is 11.6 Å². The molecule has 0 aliphatic carbocycles. The molecule has 0 bridgehead atoms. The maximum atomic E-state index is 11.9. The number of rotatable bonds is 11. The minimum absolute atomic E-state index is 0.0240. The fourth-order valence-corrected chi connectivity index (χ4v) is 5.90. The lowest BCUT2D eigenvalue weighted by Gasteiger charge is -2.42. The Morgan fingerprint density at radius 3 is 2.16 bits per heavy atom. The molecule has 234 valence electrons. The third kappa shape index (κ3) is 8.44. The summed E-state index contributed by atoms with van der Waals surface area (Å²) in [4.78, 5) is 24.9. The molecule has 3 atom stereocenters. The fraction of sp³-hybridized carbons (Fsp3) is 0.412. The van der Waals surface area contributed by atoms with Crippen molar-refractivity contribution in [2.24, 2.45) is 0 Å². The van der Waals surface area contributed by atoms with Crippen LogP contribution in [-0.2, 0) is 37.8 Å². The maximum absolute atomic E-state index is 11.9. The van der Waals surface area contributed by atoms with E-state index in [1.54, 1.807) is 0 Å². The smallest absolute Gasteiger partial charge is 0.303 e. The summed E-state index contributed by atoms with van der Waals surface area (Å²) in [6, 6.07) is 22.8. The number of benzene rings is 3. The number of nitrogens with one attached hydrogen (secondary N) is 1. The number of nitrogens with zero attached hydrogens (tertiary/aromatic N) is 1. The molecular weight excluding hydrogens is 584 g/mol. The number of carboxylic acid groups (broad SMARTS) is 1. The van der Waals surface area contributed by atoms with Crippen LogP contribution in [-0.4, -0.2) is 57.8 Å². The van der Waals surface area contributed by atoms with Gasteiger partial charge >= 0.3 is 5.97 Å². The average Bonchev–Trinajstić information content (AvgIpc) is 3.04. The second-order valence-electron chi connectivity index (χ2n) is 11.6. The van der Waals surface area contributed by atoms with Gasteiger partial charge in [-0.1, -0.05) is 72.3 Å². The van der Waals surface area contributed by atoms with Crippen LogP contribution in [0, 0.1) is 0 Å². The van der Waals surface area contributed by atoms with Crippen molar-refractivity contribution in [3.63, 3.8) is 0 Å². The van der Waals surface area contributed by atoms with Crippen molar-refractivity contribution >= 4 is 23.5 Å². The Bertz CT molecular complexity index is 1390. The third-order valence-corrected chi connectivity index (χ3v) is 8.70. The molecule has 3 aromatic rings. The number of piperidine rings is 1. The van der Waals surface area contributed by atoms with Gasteiger partial charge in [0, 0.05) is 49.6 Å². The molecule has 2 saturated heterocycles. The van der Waals surface area contributed by atoms with E-state index >= 15 is 0 Å². The van der Waals surface area contributed by atoms with Crippen molar-refractivity contribution in [1.82, 2.24) is 10.2 Å². The van der Waals surface area contributed by atoms with E-state index in [0.717, 1.165) is 40.9 Å². The van der Waals surface area contributed by atoms with Crippen LogP contribution in [0.5, 0.6) is 0 Å². The quantitative estimate of drug-likeness (QED) is 0.239. The molecule has 2 aliphatic rings. The lowest BCUT2D eigenvalue weighted by atomic mass is 9.84. The number of aliphatic hydroxyl groups excluding tert-OH is 1. The molecule has 3 unspecified atom stereocenters. The second-order valence-corrected chi connectivity index (χ2v) is 12.0. The van der Waals surface area contributed by atoms with Gasteiger partial charge in [0.2, 0.25) is 5.91 Å². The fourth-order valence-electron chi connectivity index (χ4n) is 5.78. The second kappa shape index (κ2) is 14.6. The van der Waals surface area contributed by atoms with Crippen LogP contribution in [0.4, 0.5) is 0 Å². The molecule has 0 radical (unpaired) electrons. The number of aliphatic hydroxyl groups is 2. The molecule has 5 rings (SSSR count). The van der Waals surface area contributed by atoms with E-state index in [1.807, 2.05) is 72.8 Å². The number of amides is 1. The molecular formula is C34H39ClN2O7. The molecule has 2 heterocycles. The summed E-state index contributed by atoms with van der Waals surface area (Å²) in [5.74, 6) is -1.31. The Balaban J connectivity index is 1.24. The molecule has 4 N–H and O–H groups in total. The number of hydrogen-bond acceptors (Lipinski definition) is 7.